The number of alkyl halides is 3. The van der Waals surface area contributed by atoms with Crippen molar-refractivity contribution in [1.29, 1.82) is 0 Å². The molecule has 0 bridgehead atoms. The molecule has 3 nitrogen and oxygen atoms in total. The zero-order valence-corrected chi connectivity index (χ0v) is 10.7. The van der Waals surface area contributed by atoms with Crippen molar-refractivity contribution in [2.24, 2.45) is 0 Å². The van der Waals surface area contributed by atoms with E-state index in [4.69, 9.17) is 11.6 Å². The van der Waals surface area contributed by atoms with Crippen LogP contribution in [0.4, 0.5) is 19.0 Å². The predicted octanol–water partition coefficient (Wildman–Crippen LogP) is 4.01. The van der Waals surface area contributed by atoms with Crippen LogP contribution in [0.5, 0.6) is 0 Å². The van der Waals surface area contributed by atoms with Crippen molar-refractivity contribution in [3.05, 3.63) is 58.7 Å². The molecule has 0 unspecified atom stereocenters. The summed E-state index contributed by atoms with van der Waals surface area (Å²) in [4.78, 5) is 15.4. The van der Waals surface area contributed by atoms with Crippen molar-refractivity contribution in [1.82, 2.24) is 4.98 Å². The van der Waals surface area contributed by atoms with E-state index in [9.17, 15) is 18.0 Å². The van der Waals surface area contributed by atoms with Crippen molar-refractivity contribution >= 4 is 23.3 Å². The molecular formula is C13H8ClF3N2O. The number of anilines is 1. The van der Waals surface area contributed by atoms with Gasteiger partial charge in [0.2, 0.25) is 0 Å². The molecule has 0 fully saturated rings. The Kier molecular flexibility index (Phi) is 3.94. The summed E-state index contributed by atoms with van der Waals surface area (Å²) >= 11 is 5.84. The lowest BCUT2D eigenvalue weighted by atomic mass is 10.2. The summed E-state index contributed by atoms with van der Waals surface area (Å²) in [6, 6.07) is 8.25. The molecule has 0 spiro atoms. The van der Waals surface area contributed by atoms with Gasteiger partial charge < -0.3 is 5.32 Å². The lowest BCUT2D eigenvalue weighted by Gasteiger charge is -2.08. The molecular weight excluding hydrogens is 293 g/mol. The first-order valence-electron chi connectivity index (χ1n) is 5.47. The van der Waals surface area contributed by atoms with E-state index in [1.807, 2.05) is 0 Å². The maximum Gasteiger partial charge on any atom is 0.417 e. The van der Waals surface area contributed by atoms with E-state index < -0.39 is 17.6 Å². The lowest BCUT2D eigenvalue weighted by Crippen LogP contribution is -2.14. The molecule has 2 rings (SSSR count). The zero-order chi connectivity index (χ0) is 14.8. The Balaban J connectivity index is 2.15. The van der Waals surface area contributed by atoms with E-state index in [2.05, 4.69) is 10.3 Å². The van der Waals surface area contributed by atoms with Crippen LogP contribution in [0.1, 0.15) is 15.9 Å². The van der Waals surface area contributed by atoms with Crippen LogP contribution in [0.15, 0.2) is 42.6 Å². The van der Waals surface area contributed by atoms with Crippen LogP contribution in [0.2, 0.25) is 5.02 Å². The number of nitrogens with one attached hydrogen (secondary N) is 1. The van der Waals surface area contributed by atoms with Crippen molar-refractivity contribution < 1.29 is 18.0 Å². The van der Waals surface area contributed by atoms with Crippen LogP contribution in [0.3, 0.4) is 0 Å². The lowest BCUT2D eigenvalue weighted by molar-refractivity contribution is -0.137. The highest BCUT2D eigenvalue weighted by Crippen LogP contribution is 2.29. The number of rotatable bonds is 2. The zero-order valence-electron chi connectivity index (χ0n) is 9.91. The number of amides is 1. The highest BCUT2D eigenvalue weighted by molar-refractivity contribution is 6.34. The fourth-order valence-corrected chi connectivity index (χ4v) is 1.69. The minimum Gasteiger partial charge on any atom is -0.307 e. The molecule has 0 radical (unpaired) electrons. The first-order chi connectivity index (χ1) is 9.38. The number of benzene rings is 1. The van der Waals surface area contributed by atoms with Gasteiger partial charge in [0, 0.05) is 6.20 Å². The molecule has 1 aromatic carbocycles. The number of hydrogen-bond acceptors (Lipinski definition) is 2. The van der Waals surface area contributed by atoms with Gasteiger partial charge in [0.05, 0.1) is 16.1 Å². The third-order valence-corrected chi connectivity index (χ3v) is 2.78. The SMILES string of the molecule is O=C(Nc1ccc(C(F)(F)F)cn1)c1ccccc1Cl. The number of aromatic nitrogens is 1. The summed E-state index contributed by atoms with van der Waals surface area (Å²) < 4.78 is 37.1. The molecule has 1 aromatic heterocycles. The van der Waals surface area contributed by atoms with Crippen LogP contribution in [-0.4, -0.2) is 10.9 Å². The summed E-state index contributed by atoms with van der Waals surface area (Å²) in [5.74, 6) is -0.522. The highest BCUT2D eigenvalue weighted by Gasteiger charge is 2.30. The van der Waals surface area contributed by atoms with Crippen LogP contribution in [0, 0.1) is 0 Å². The topological polar surface area (TPSA) is 42.0 Å². The fourth-order valence-electron chi connectivity index (χ4n) is 1.46. The van der Waals surface area contributed by atoms with Gasteiger partial charge in [-0.15, -0.1) is 0 Å². The monoisotopic (exact) mass is 300 g/mol. The molecule has 104 valence electrons. The average molecular weight is 301 g/mol. The predicted molar refractivity (Wildman–Crippen MR) is 68.6 cm³/mol. The highest BCUT2D eigenvalue weighted by atomic mass is 35.5. The quantitative estimate of drug-likeness (QED) is 0.910. The number of nitrogens with zero attached hydrogens (tertiary/aromatic N) is 1. The summed E-state index contributed by atoms with van der Waals surface area (Å²) in [5, 5.41) is 2.62. The van der Waals surface area contributed by atoms with Crippen LogP contribution in [-0.2, 0) is 6.18 Å². The van der Waals surface area contributed by atoms with E-state index in [0.29, 0.717) is 6.20 Å². The molecule has 7 heteroatoms. The van der Waals surface area contributed by atoms with Crippen molar-refractivity contribution in [3.8, 4) is 0 Å². The number of pyridine rings is 1. The Morgan fingerprint density at radius 3 is 2.40 bits per heavy atom. The first-order valence-corrected chi connectivity index (χ1v) is 5.85. The van der Waals surface area contributed by atoms with Crippen molar-refractivity contribution in [2.45, 2.75) is 6.18 Å². The van der Waals surface area contributed by atoms with E-state index in [1.54, 1.807) is 12.1 Å². The second kappa shape index (κ2) is 5.50. The minimum atomic E-state index is -4.46. The Labute approximate surface area is 117 Å². The second-order valence-corrected chi connectivity index (χ2v) is 4.27. The summed E-state index contributed by atoms with van der Waals surface area (Å²) in [6.45, 7) is 0. The molecule has 0 saturated carbocycles. The summed E-state index contributed by atoms with van der Waals surface area (Å²) in [6.07, 6.45) is -3.81. The fraction of sp³-hybridized carbons (Fsp3) is 0.0769. The van der Waals surface area contributed by atoms with Gasteiger partial charge >= 0.3 is 6.18 Å². The standard InChI is InChI=1S/C13H8ClF3N2O/c14-10-4-2-1-3-9(10)12(20)19-11-6-5-8(7-18-11)13(15,16)17/h1-7H,(H,18,19,20). The summed E-state index contributed by atoms with van der Waals surface area (Å²) in [7, 11) is 0. The molecule has 20 heavy (non-hydrogen) atoms. The number of halogens is 4. The van der Waals surface area contributed by atoms with Crippen LogP contribution in [0.25, 0.3) is 0 Å². The molecule has 1 heterocycles. The number of hydrogen-bond donors (Lipinski definition) is 1. The van der Waals surface area contributed by atoms with E-state index in [-0.39, 0.29) is 16.4 Å². The average Bonchev–Trinajstić information content (AvgIpc) is 2.38. The van der Waals surface area contributed by atoms with Gasteiger partial charge in [0.25, 0.3) is 5.91 Å². The summed E-state index contributed by atoms with van der Waals surface area (Å²) in [5.41, 5.74) is -0.663. The Bertz CT molecular complexity index is 626. The minimum absolute atomic E-state index is 0.0166. The van der Waals surface area contributed by atoms with Gasteiger partial charge in [-0.05, 0) is 24.3 Å². The largest absolute Gasteiger partial charge is 0.417 e. The third-order valence-electron chi connectivity index (χ3n) is 2.45. The van der Waals surface area contributed by atoms with E-state index >= 15 is 0 Å². The van der Waals surface area contributed by atoms with Gasteiger partial charge in [-0.2, -0.15) is 13.2 Å². The van der Waals surface area contributed by atoms with Crippen molar-refractivity contribution in [2.75, 3.05) is 5.32 Å². The molecule has 0 aliphatic rings. The Hall–Kier alpha value is -2.08. The molecule has 0 aliphatic carbocycles. The molecule has 0 aliphatic heterocycles. The maximum atomic E-state index is 12.4. The normalized spacial score (nSPS) is 11.2. The Morgan fingerprint density at radius 2 is 1.85 bits per heavy atom. The Morgan fingerprint density at radius 1 is 1.15 bits per heavy atom. The molecule has 1 amide bonds. The van der Waals surface area contributed by atoms with Gasteiger partial charge in [0.1, 0.15) is 5.82 Å². The van der Waals surface area contributed by atoms with Crippen LogP contribution >= 0.6 is 11.6 Å². The first kappa shape index (κ1) is 14.3. The molecule has 0 atom stereocenters. The van der Waals surface area contributed by atoms with E-state index in [1.165, 1.54) is 12.1 Å². The molecule has 1 N–H and O–H groups in total. The van der Waals surface area contributed by atoms with Gasteiger partial charge in [-0.25, -0.2) is 4.98 Å². The molecule has 0 saturated heterocycles. The molecule has 2 aromatic rings. The second-order valence-electron chi connectivity index (χ2n) is 3.86. The van der Waals surface area contributed by atoms with Gasteiger partial charge in [0.15, 0.2) is 0 Å². The number of carbonyl (C=O) groups excluding carboxylic acids is 1. The van der Waals surface area contributed by atoms with Gasteiger partial charge in [-0.1, -0.05) is 23.7 Å². The smallest absolute Gasteiger partial charge is 0.307 e. The van der Waals surface area contributed by atoms with Crippen molar-refractivity contribution in [3.63, 3.8) is 0 Å². The number of carbonyl (C=O) groups is 1. The van der Waals surface area contributed by atoms with E-state index in [0.717, 1.165) is 12.1 Å². The third kappa shape index (κ3) is 3.27. The van der Waals surface area contributed by atoms with Crippen LogP contribution < -0.4 is 5.32 Å². The van der Waals surface area contributed by atoms with Gasteiger partial charge in [-0.3, -0.25) is 4.79 Å². The maximum absolute atomic E-state index is 12.4.